The smallest absolute Gasteiger partial charge is 0.410 e. The minimum atomic E-state index is -0.528. The first-order valence-corrected chi connectivity index (χ1v) is 11.7. The third-order valence-corrected chi connectivity index (χ3v) is 6.16. The first-order valence-electron chi connectivity index (χ1n) is 11.0. The van der Waals surface area contributed by atoms with Crippen LogP contribution in [0, 0.1) is 11.3 Å². The minimum absolute atomic E-state index is 0.130. The summed E-state index contributed by atoms with van der Waals surface area (Å²) in [6, 6.07) is 18.1. The second kappa shape index (κ2) is 9.74. The molecule has 0 aliphatic carbocycles. The maximum atomic E-state index is 12.6. The predicted octanol–water partition coefficient (Wildman–Crippen LogP) is 5.53. The monoisotopic (exact) mass is 461 g/mol. The highest BCUT2D eigenvalue weighted by Gasteiger charge is 2.29. The molecule has 1 aliphatic rings. The topological polar surface area (TPSA) is 75.4 Å². The van der Waals surface area contributed by atoms with Crippen LogP contribution in [0.4, 0.5) is 4.79 Å². The molecule has 6 nitrogen and oxygen atoms in total. The van der Waals surface area contributed by atoms with Gasteiger partial charge >= 0.3 is 6.09 Å². The lowest BCUT2D eigenvalue weighted by molar-refractivity contribution is -0.0414. The Morgan fingerprint density at radius 2 is 2.03 bits per heavy atom. The van der Waals surface area contributed by atoms with Crippen molar-refractivity contribution in [1.29, 1.82) is 5.26 Å². The van der Waals surface area contributed by atoms with E-state index in [1.807, 2.05) is 57.2 Å². The molecule has 0 spiro atoms. The van der Waals surface area contributed by atoms with Gasteiger partial charge in [0, 0.05) is 24.7 Å². The van der Waals surface area contributed by atoms with Gasteiger partial charge in [0.25, 0.3) is 0 Å². The molecule has 33 heavy (non-hydrogen) atoms. The van der Waals surface area contributed by atoms with Crippen molar-refractivity contribution < 1.29 is 14.3 Å². The number of benzene rings is 2. The largest absolute Gasteiger partial charge is 0.444 e. The van der Waals surface area contributed by atoms with Crippen LogP contribution >= 0.6 is 11.5 Å². The van der Waals surface area contributed by atoms with E-state index >= 15 is 0 Å². The summed E-state index contributed by atoms with van der Waals surface area (Å²) >= 11 is 1.45. The molecule has 1 atom stereocenters. The zero-order valence-electron chi connectivity index (χ0n) is 19.1. The molecule has 1 aromatic heterocycles. The highest BCUT2D eigenvalue weighted by molar-refractivity contribution is 7.09. The molecule has 3 aromatic rings. The van der Waals surface area contributed by atoms with Gasteiger partial charge in [-0.3, -0.25) is 0 Å². The molecule has 0 N–H and O–H groups in total. The fourth-order valence-corrected chi connectivity index (χ4v) is 4.64. The second-order valence-electron chi connectivity index (χ2n) is 9.03. The summed E-state index contributed by atoms with van der Waals surface area (Å²) in [6.07, 6.45) is 2.04. The number of amides is 1. The molecule has 0 radical (unpaired) electrons. The summed E-state index contributed by atoms with van der Waals surface area (Å²) in [7, 11) is 0. The van der Waals surface area contributed by atoms with E-state index in [1.165, 1.54) is 11.5 Å². The molecule has 0 saturated carbocycles. The summed E-state index contributed by atoms with van der Waals surface area (Å²) in [5, 5.41) is 9.15. The SMILES string of the molecule is CC(C)(C)OC(=O)N1CCO[C@H](Cc2cccc(-c3ccc(C#N)cc3)c2-c2ccns2)C1. The molecule has 170 valence electrons. The van der Waals surface area contributed by atoms with Gasteiger partial charge in [0.2, 0.25) is 0 Å². The maximum Gasteiger partial charge on any atom is 0.410 e. The molecular formula is C26H27N3O3S. The summed E-state index contributed by atoms with van der Waals surface area (Å²) in [5.74, 6) is 0. The van der Waals surface area contributed by atoms with Crippen molar-refractivity contribution in [2.75, 3.05) is 19.7 Å². The Kier molecular flexibility index (Phi) is 6.77. The average Bonchev–Trinajstić information content (AvgIpc) is 3.33. The Morgan fingerprint density at radius 1 is 1.24 bits per heavy atom. The van der Waals surface area contributed by atoms with Crippen molar-refractivity contribution in [3.05, 3.63) is 65.9 Å². The molecular weight excluding hydrogens is 434 g/mol. The van der Waals surface area contributed by atoms with Crippen molar-refractivity contribution in [2.24, 2.45) is 0 Å². The number of carbonyl (C=O) groups excluding carboxylic acids is 1. The van der Waals surface area contributed by atoms with Crippen LogP contribution in [0.1, 0.15) is 31.9 Å². The number of nitriles is 1. The molecule has 4 rings (SSSR count). The number of carbonyl (C=O) groups is 1. The molecule has 0 unspecified atom stereocenters. The molecule has 1 fully saturated rings. The van der Waals surface area contributed by atoms with E-state index in [0.29, 0.717) is 31.7 Å². The van der Waals surface area contributed by atoms with Crippen LogP contribution in [0.25, 0.3) is 21.6 Å². The summed E-state index contributed by atoms with van der Waals surface area (Å²) < 4.78 is 15.9. The maximum absolute atomic E-state index is 12.6. The van der Waals surface area contributed by atoms with Gasteiger partial charge in [-0.05, 0) is 67.2 Å². The van der Waals surface area contributed by atoms with Gasteiger partial charge in [0.1, 0.15) is 5.60 Å². The highest BCUT2D eigenvalue weighted by atomic mass is 32.1. The zero-order chi connectivity index (χ0) is 23.4. The summed E-state index contributed by atoms with van der Waals surface area (Å²) in [6.45, 7) is 7.11. The molecule has 7 heteroatoms. The van der Waals surface area contributed by atoms with Crippen molar-refractivity contribution in [1.82, 2.24) is 9.27 Å². The number of ether oxygens (including phenoxy) is 2. The Morgan fingerprint density at radius 3 is 2.70 bits per heavy atom. The van der Waals surface area contributed by atoms with Gasteiger partial charge in [-0.15, -0.1) is 0 Å². The Balaban J connectivity index is 1.62. The van der Waals surface area contributed by atoms with Crippen LogP contribution in [0.15, 0.2) is 54.7 Å². The quantitative estimate of drug-likeness (QED) is 0.511. The first kappa shape index (κ1) is 23.0. The normalized spacial score (nSPS) is 16.3. The fourth-order valence-electron chi connectivity index (χ4n) is 3.95. The lowest BCUT2D eigenvalue weighted by Crippen LogP contribution is -2.48. The van der Waals surface area contributed by atoms with E-state index in [1.54, 1.807) is 11.1 Å². The molecule has 2 aromatic carbocycles. The summed E-state index contributed by atoms with van der Waals surface area (Å²) in [4.78, 5) is 15.4. The number of rotatable bonds is 4. The van der Waals surface area contributed by atoms with E-state index in [9.17, 15) is 4.79 Å². The number of nitrogens with zero attached hydrogens (tertiary/aromatic N) is 3. The van der Waals surface area contributed by atoms with Crippen molar-refractivity contribution >= 4 is 17.6 Å². The lowest BCUT2D eigenvalue weighted by atomic mass is 9.91. The van der Waals surface area contributed by atoms with Gasteiger partial charge in [-0.2, -0.15) is 5.26 Å². The number of aromatic nitrogens is 1. The Labute approximate surface area is 198 Å². The standard InChI is InChI=1S/C26H27N3O3S/c1-26(2,3)32-25(30)29-13-14-31-21(17-29)15-20-5-4-6-22(24(20)23-11-12-28-33-23)19-9-7-18(16-27)8-10-19/h4-12,21H,13-15,17H2,1-3H3/t21-/m1/s1. The van der Waals surface area contributed by atoms with Gasteiger partial charge < -0.3 is 14.4 Å². The van der Waals surface area contributed by atoms with E-state index in [-0.39, 0.29) is 12.2 Å². The van der Waals surface area contributed by atoms with Gasteiger partial charge in [-0.1, -0.05) is 30.3 Å². The van der Waals surface area contributed by atoms with Crippen LogP contribution in [0.5, 0.6) is 0 Å². The van der Waals surface area contributed by atoms with Crippen molar-refractivity contribution in [3.8, 4) is 27.6 Å². The van der Waals surface area contributed by atoms with Crippen LogP contribution in [0.2, 0.25) is 0 Å². The predicted molar refractivity (Wildman–Crippen MR) is 129 cm³/mol. The minimum Gasteiger partial charge on any atom is -0.444 e. The molecule has 1 aliphatic heterocycles. The Hall–Kier alpha value is -3.21. The molecule has 0 bridgehead atoms. The van der Waals surface area contributed by atoms with E-state index in [0.717, 1.165) is 27.1 Å². The number of morpholine rings is 1. The average molecular weight is 462 g/mol. The summed E-state index contributed by atoms with van der Waals surface area (Å²) in [5.41, 5.74) is 4.48. The fraction of sp³-hybridized carbons (Fsp3) is 0.346. The molecule has 2 heterocycles. The number of hydrogen-bond acceptors (Lipinski definition) is 6. The van der Waals surface area contributed by atoms with Crippen LogP contribution in [-0.4, -0.2) is 46.8 Å². The highest BCUT2D eigenvalue weighted by Crippen LogP contribution is 2.37. The molecule has 1 amide bonds. The zero-order valence-corrected chi connectivity index (χ0v) is 19.9. The van der Waals surface area contributed by atoms with Gasteiger partial charge in [0.15, 0.2) is 0 Å². The van der Waals surface area contributed by atoms with Crippen LogP contribution in [-0.2, 0) is 15.9 Å². The van der Waals surface area contributed by atoms with Crippen molar-refractivity contribution in [3.63, 3.8) is 0 Å². The van der Waals surface area contributed by atoms with Crippen LogP contribution < -0.4 is 0 Å². The van der Waals surface area contributed by atoms with E-state index < -0.39 is 5.60 Å². The lowest BCUT2D eigenvalue weighted by Gasteiger charge is -2.34. The first-order chi connectivity index (χ1) is 15.8. The van der Waals surface area contributed by atoms with Crippen LogP contribution in [0.3, 0.4) is 0 Å². The number of hydrogen-bond donors (Lipinski definition) is 0. The molecule has 1 saturated heterocycles. The van der Waals surface area contributed by atoms with E-state index in [2.05, 4.69) is 22.6 Å². The van der Waals surface area contributed by atoms with Crippen molar-refractivity contribution in [2.45, 2.75) is 38.9 Å². The third-order valence-electron chi connectivity index (χ3n) is 5.40. The van der Waals surface area contributed by atoms with Gasteiger partial charge in [0.05, 0.1) is 35.8 Å². The third kappa shape index (κ3) is 5.59. The van der Waals surface area contributed by atoms with Gasteiger partial charge in [-0.25, -0.2) is 9.17 Å². The second-order valence-corrected chi connectivity index (χ2v) is 9.86. The van der Waals surface area contributed by atoms with E-state index in [4.69, 9.17) is 14.7 Å². The Bertz CT molecular complexity index is 1150.